The van der Waals surface area contributed by atoms with Gasteiger partial charge in [0.1, 0.15) is 4.32 Å². The average Bonchev–Trinajstić information content (AvgIpc) is 2.56. The second-order valence-electron chi connectivity index (χ2n) is 4.76. The van der Waals surface area contributed by atoms with Crippen LogP contribution in [0.5, 0.6) is 0 Å². The molecule has 3 aromatic carbocycles. The number of alkyl halides is 1. The Bertz CT molecular complexity index is 569. The summed E-state index contributed by atoms with van der Waals surface area (Å²) < 4.78 is -0.309. The molecule has 21 heavy (non-hydrogen) atoms. The van der Waals surface area contributed by atoms with Gasteiger partial charge in [-0.05, 0) is 16.7 Å². The van der Waals surface area contributed by atoms with Crippen molar-refractivity contribution in [2.45, 2.75) is 4.32 Å². The second-order valence-corrected chi connectivity index (χ2v) is 5.95. The van der Waals surface area contributed by atoms with Crippen molar-refractivity contribution in [1.82, 2.24) is 6.15 Å². The van der Waals surface area contributed by atoms with Gasteiger partial charge < -0.3 is 6.15 Å². The second kappa shape index (κ2) is 6.70. The largest absolute Gasteiger partial charge is 0.344 e. The van der Waals surface area contributed by atoms with Gasteiger partial charge in [-0.3, -0.25) is 0 Å². The molecule has 3 rings (SSSR count). The molecule has 2 heteroatoms. The van der Waals surface area contributed by atoms with Gasteiger partial charge in [0, 0.05) is 0 Å². The summed E-state index contributed by atoms with van der Waals surface area (Å²) in [5.41, 5.74) is 3.70. The quantitative estimate of drug-likeness (QED) is 0.493. The molecule has 0 atom stereocenters. The summed E-state index contributed by atoms with van der Waals surface area (Å²) in [7, 11) is 0. The molecule has 0 unspecified atom stereocenters. The fourth-order valence-electron chi connectivity index (χ4n) is 2.50. The predicted molar refractivity (Wildman–Crippen MR) is 93.2 cm³/mol. The van der Waals surface area contributed by atoms with E-state index in [9.17, 15) is 0 Å². The molecule has 0 bridgehead atoms. The Morgan fingerprint density at radius 1 is 0.476 bits per heavy atom. The molecule has 0 saturated carbocycles. The first kappa shape index (κ1) is 15.5. The summed E-state index contributed by atoms with van der Waals surface area (Å²) in [5.74, 6) is 0. The molecular formula is C19H18BrN. The average molecular weight is 340 g/mol. The molecule has 0 aliphatic rings. The maximum atomic E-state index is 4.01. The third kappa shape index (κ3) is 2.92. The van der Waals surface area contributed by atoms with Gasteiger partial charge in [0.05, 0.1) is 0 Å². The van der Waals surface area contributed by atoms with Crippen LogP contribution in [0.1, 0.15) is 16.7 Å². The molecule has 0 amide bonds. The summed E-state index contributed by atoms with van der Waals surface area (Å²) in [6.45, 7) is 0. The number of hydrogen-bond donors (Lipinski definition) is 1. The molecule has 3 aromatic rings. The molecule has 106 valence electrons. The van der Waals surface area contributed by atoms with Crippen LogP contribution in [-0.2, 0) is 4.32 Å². The zero-order valence-corrected chi connectivity index (χ0v) is 13.3. The Balaban J connectivity index is 0.00000161. The van der Waals surface area contributed by atoms with Crippen molar-refractivity contribution in [1.29, 1.82) is 0 Å². The van der Waals surface area contributed by atoms with Crippen molar-refractivity contribution in [3.8, 4) is 0 Å². The smallest absolute Gasteiger partial charge is 0.100 e. The van der Waals surface area contributed by atoms with Crippen LogP contribution < -0.4 is 6.15 Å². The Kier molecular flexibility index (Phi) is 4.94. The van der Waals surface area contributed by atoms with Gasteiger partial charge in [-0.2, -0.15) is 0 Å². The topological polar surface area (TPSA) is 35.0 Å². The number of rotatable bonds is 3. The lowest BCUT2D eigenvalue weighted by atomic mass is 9.85. The van der Waals surface area contributed by atoms with Gasteiger partial charge in [0.15, 0.2) is 0 Å². The minimum absolute atomic E-state index is 0. The van der Waals surface area contributed by atoms with Gasteiger partial charge >= 0.3 is 0 Å². The minimum atomic E-state index is -0.309. The van der Waals surface area contributed by atoms with E-state index in [1.165, 1.54) is 16.7 Å². The first-order valence-electron chi connectivity index (χ1n) is 6.67. The normalized spacial score (nSPS) is 10.7. The molecule has 0 spiro atoms. The predicted octanol–water partition coefficient (Wildman–Crippen LogP) is 5.54. The highest BCUT2D eigenvalue weighted by Gasteiger charge is 2.32. The van der Waals surface area contributed by atoms with E-state index in [0.29, 0.717) is 0 Å². The van der Waals surface area contributed by atoms with Crippen molar-refractivity contribution in [3.63, 3.8) is 0 Å². The van der Waals surface area contributed by atoms with E-state index in [1.54, 1.807) is 0 Å². The standard InChI is InChI=1S/C19H15Br.H3N/c20-19(16-10-4-1-5-11-16,17-12-6-2-7-13-17)18-14-8-3-9-15-18;/h1-15H;1H3. The number of benzene rings is 3. The molecule has 0 aliphatic heterocycles. The highest BCUT2D eigenvalue weighted by molar-refractivity contribution is 9.10. The first-order chi connectivity index (χ1) is 9.82. The van der Waals surface area contributed by atoms with Gasteiger partial charge in [0.2, 0.25) is 0 Å². The van der Waals surface area contributed by atoms with Crippen LogP contribution in [0.15, 0.2) is 91.0 Å². The molecule has 0 aliphatic carbocycles. The van der Waals surface area contributed by atoms with E-state index in [2.05, 4.69) is 88.7 Å². The van der Waals surface area contributed by atoms with E-state index < -0.39 is 0 Å². The lowest BCUT2D eigenvalue weighted by molar-refractivity contribution is 0.917. The van der Waals surface area contributed by atoms with Crippen molar-refractivity contribution < 1.29 is 0 Å². The van der Waals surface area contributed by atoms with Crippen molar-refractivity contribution >= 4 is 15.9 Å². The van der Waals surface area contributed by atoms with Crippen molar-refractivity contribution in [3.05, 3.63) is 108 Å². The molecule has 0 saturated heterocycles. The molecule has 0 fully saturated rings. The SMILES string of the molecule is BrC(c1ccccc1)(c1ccccc1)c1ccccc1.N. The van der Waals surface area contributed by atoms with E-state index in [4.69, 9.17) is 0 Å². The summed E-state index contributed by atoms with van der Waals surface area (Å²) in [6.07, 6.45) is 0. The van der Waals surface area contributed by atoms with Gasteiger partial charge in [-0.25, -0.2) is 0 Å². The van der Waals surface area contributed by atoms with E-state index in [1.807, 2.05) is 18.2 Å². The minimum Gasteiger partial charge on any atom is -0.344 e. The highest BCUT2D eigenvalue weighted by atomic mass is 79.9. The molecule has 0 heterocycles. The van der Waals surface area contributed by atoms with Gasteiger partial charge in [-0.1, -0.05) is 107 Å². The summed E-state index contributed by atoms with van der Waals surface area (Å²) in [4.78, 5) is 0. The summed E-state index contributed by atoms with van der Waals surface area (Å²) >= 11 is 4.01. The third-order valence-electron chi connectivity index (χ3n) is 3.51. The Morgan fingerprint density at radius 3 is 0.952 bits per heavy atom. The molecule has 1 nitrogen and oxygen atoms in total. The molecule has 3 N–H and O–H groups in total. The van der Waals surface area contributed by atoms with E-state index >= 15 is 0 Å². The van der Waals surface area contributed by atoms with Crippen LogP contribution >= 0.6 is 15.9 Å². The monoisotopic (exact) mass is 339 g/mol. The van der Waals surface area contributed by atoms with Crippen LogP contribution in [0.25, 0.3) is 0 Å². The van der Waals surface area contributed by atoms with Crippen LogP contribution in [0.3, 0.4) is 0 Å². The zero-order chi connectivity index (χ0) is 13.8. The Labute approximate surface area is 134 Å². The number of hydrogen-bond acceptors (Lipinski definition) is 1. The maximum absolute atomic E-state index is 4.01. The fourth-order valence-corrected chi connectivity index (χ4v) is 3.30. The third-order valence-corrected chi connectivity index (χ3v) is 4.89. The summed E-state index contributed by atoms with van der Waals surface area (Å²) in [5, 5.41) is 0. The van der Waals surface area contributed by atoms with Crippen LogP contribution in [0, 0.1) is 0 Å². The van der Waals surface area contributed by atoms with Gasteiger partial charge in [-0.15, -0.1) is 0 Å². The molecule has 0 aromatic heterocycles. The fraction of sp³-hybridized carbons (Fsp3) is 0.0526. The van der Waals surface area contributed by atoms with Crippen molar-refractivity contribution in [2.24, 2.45) is 0 Å². The van der Waals surface area contributed by atoms with E-state index in [-0.39, 0.29) is 10.5 Å². The molecule has 0 radical (unpaired) electrons. The first-order valence-corrected chi connectivity index (χ1v) is 7.46. The van der Waals surface area contributed by atoms with Crippen LogP contribution in [0.4, 0.5) is 0 Å². The Hall–Kier alpha value is -1.90. The van der Waals surface area contributed by atoms with Crippen LogP contribution in [-0.4, -0.2) is 0 Å². The lowest BCUT2D eigenvalue weighted by Crippen LogP contribution is -2.21. The maximum Gasteiger partial charge on any atom is 0.100 e. The zero-order valence-electron chi connectivity index (χ0n) is 11.7. The number of halogens is 1. The van der Waals surface area contributed by atoms with Gasteiger partial charge in [0.25, 0.3) is 0 Å². The van der Waals surface area contributed by atoms with Crippen LogP contribution in [0.2, 0.25) is 0 Å². The summed E-state index contributed by atoms with van der Waals surface area (Å²) in [6, 6.07) is 31.6. The lowest BCUT2D eigenvalue weighted by Gasteiger charge is -2.29. The van der Waals surface area contributed by atoms with Crippen molar-refractivity contribution in [2.75, 3.05) is 0 Å². The Morgan fingerprint density at radius 2 is 0.714 bits per heavy atom. The van der Waals surface area contributed by atoms with E-state index in [0.717, 1.165) is 0 Å². The highest BCUT2D eigenvalue weighted by Crippen LogP contribution is 2.44. The molecular weight excluding hydrogens is 322 g/mol.